The molecule has 5 rings (SSSR count). The summed E-state index contributed by atoms with van der Waals surface area (Å²) >= 11 is 0. The van der Waals surface area contributed by atoms with Crippen LogP contribution in [0.25, 0.3) is 16.7 Å². The molecule has 2 aromatic carbocycles. The number of carbonyl (C=O) groups is 2. The summed E-state index contributed by atoms with van der Waals surface area (Å²) in [6.07, 6.45) is 1.54. The molecule has 0 radical (unpaired) electrons. The van der Waals surface area contributed by atoms with Crippen molar-refractivity contribution in [2.75, 3.05) is 26.7 Å². The molecule has 1 aliphatic heterocycles. The molecule has 2 aromatic heterocycles. The van der Waals surface area contributed by atoms with Crippen molar-refractivity contribution in [3.05, 3.63) is 72.0 Å². The minimum Gasteiger partial charge on any atom is -0.497 e. The Bertz CT molecular complexity index is 1360. The number of hydrogen-bond donors (Lipinski definition) is 0. The largest absolute Gasteiger partial charge is 0.497 e. The number of ether oxygens (including phenoxy) is 1. The summed E-state index contributed by atoms with van der Waals surface area (Å²) in [5.74, 6) is 1.00. The van der Waals surface area contributed by atoms with Crippen LogP contribution in [0, 0.1) is 6.92 Å². The fourth-order valence-electron chi connectivity index (χ4n) is 4.39. The second-order valence-electron chi connectivity index (χ2n) is 8.34. The first kappa shape index (κ1) is 21.7. The van der Waals surface area contributed by atoms with Crippen LogP contribution >= 0.6 is 0 Å². The third kappa shape index (κ3) is 3.79. The molecule has 0 spiro atoms. The zero-order valence-electron chi connectivity index (χ0n) is 19.3. The number of furan rings is 1. The standard InChI is InChI=1S/C25H25N5O4/c1-16-14-28(24(31)22-17(2)34-21-10-9-19(33-3)13-20(21)22)11-12-29(16)25(32)23-26-15-30(27-23)18-7-5-4-6-8-18/h4-10,13,15-16H,11-12,14H2,1-3H3. The molecule has 0 N–H and O–H groups in total. The van der Waals surface area contributed by atoms with E-state index in [4.69, 9.17) is 9.15 Å². The number of benzene rings is 2. The fourth-order valence-corrected chi connectivity index (χ4v) is 4.39. The van der Waals surface area contributed by atoms with Crippen LogP contribution in [0.4, 0.5) is 0 Å². The summed E-state index contributed by atoms with van der Waals surface area (Å²) < 4.78 is 12.7. The zero-order chi connectivity index (χ0) is 23.8. The van der Waals surface area contributed by atoms with Crippen LogP contribution in [0.1, 0.15) is 33.7 Å². The lowest BCUT2D eigenvalue weighted by molar-refractivity contribution is 0.0407. The molecular weight excluding hydrogens is 434 g/mol. The molecule has 0 aliphatic carbocycles. The van der Waals surface area contributed by atoms with E-state index in [1.54, 1.807) is 40.6 Å². The third-order valence-corrected chi connectivity index (χ3v) is 6.16. The number of hydrogen-bond acceptors (Lipinski definition) is 6. The van der Waals surface area contributed by atoms with Gasteiger partial charge in [0.2, 0.25) is 5.82 Å². The molecule has 1 atom stereocenters. The average Bonchev–Trinajstić information content (AvgIpc) is 3.47. The Balaban J connectivity index is 1.32. The minimum absolute atomic E-state index is 0.116. The lowest BCUT2D eigenvalue weighted by Gasteiger charge is -2.39. The molecule has 1 aliphatic rings. The van der Waals surface area contributed by atoms with E-state index in [1.165, 1.54) is 6.33 Å². The Labute approximate surface area is 196 Å². The first-order valence-electron chi connectivity index (χ1n) is 11.1. The van der Waals surface area contributed by atoms with Crippen LogP contribution in [0.3, 0.4) is 0 Å². The van der Waals surface area contributed by atoms with Crippen molar-refractivity contribution in [3.8, 4) is 11.4 Å². The van der Waals surface area contributed by atoms with Gasteiger partial charge < -0.3 is 19.0 Å². The maximum Gasteiger partial charge on any atom is 0.293 e. The van der Waals surface area contributed by atoms with Crippen LogP contribution in [0.2, 0.25) is 0 Å². The summed E-state index contributed by atoms with van der Waals surface area (Å²) in [7, 11) is 1.59. The van der Waals surface area contributed by atoms with Crippen molar-refractivity contribution >= 4 is 22.8 Å². The van der Waals surface area contributed by atoms with Crippen molar-refractivity contribution in [2.45, 2.75) is 19.9 Å². The third-order valence-electron chi connectivity index (χ3n) is 6.16. The molecule has 1 fully saturated rings. The van der Waals surface area contributed by atoms with Gasteiger partial charge in [0.05, 0.1) is 18.4 Å². The number of methoxy groups -OCH3 is 1. The van der Waals surface area contributed by atoms with Crippen LogP contribution in [-0.2, 0) is 0 Å². The summed E-state index contributed by atoms with van der Waals surface area (Å²) in [6.45, 7) is 4.92. The van der Waals surface area contributed by atoms with Gasteiger partial charge in [-0.25, -0.2) is 9.67 Å². The van der Waals surface area contributed by atoms with E-state index < -0.39 is 0 Å². The normalized spacial score (nSPS) is 16.1. The maximum absolute atomic E-state index is 13.4. The molecule has 4 aromatic rings. The van der Waals surface area contributed by atoms with E-state index in [0.29, 0.717) is 42.3 Å². The predicted molar refractivity (Wildman–Crippen MR) is 125 cm³/mol. The number of nitrogens with zero attached hydrogens (tertiary/aromatic N) is 5. The molecule has 174 valence electrons. The summed E-state index contributed by atoms with van der Waals surface area (Å²) in [5, 5.41) is 5.08. The van der Waals surface area contributed by atoms with Crippen molar-refractivity contribution in [1.82, 2.24) is 24.6 Å². The van der Waals surface area contributed by atoms with Crippen LogP contribution in [0.5, 0.6) is 5.75 Å². The van der Waals surface area contributed by atoms with Gasteiger partial charge in [-0.15, -0.1) is 5.10 Å². The van der Waals surface area contributed by atoms with Gasteiger partial charge in [0.1, 0.15) is 23.4 Å². The first-order chi connectivity index (χ1) is 16.5. The number of aryl methyl sites for hydroxylation is 1. The van der Waals surface area contributed by atoms with Crippen molar-refractivity contribution < 1.29 is 18.7 Å². The lowest BCUT2D eigenvalue weighted by Crippen LogP contribution is -2.55. The number of piperazine rings is 1. The molecule has 0 bridgehead atoms. The minimum atomic E-state index is -0.246. The highest BCUT2D eigenvalue weighted by molar-refractivity contribution is 6.07. The summed E-state index contributed by atoms with van der Waals surface area (Å²) in [4.78, 5) is 34.3. The van der Waals surface area contributed by atoms with Gasteiger partial charge in [-0.05, 0) is 44.2 Å². The van der Waals surface area contributed by atoms with E-state index in [9.17, 15) is 9.59 Å². The van der Waals surface area contributed by atoms with Gasteiger partial charge in [-0.1, -0.05) is 18.2 Å². The number of carbonyl (C=O) groups excluding carboxylic acids is 2. The molecule has 1 saturated heterocycles. The van der Waals surface area contributed by atoms with E-state index in [-0.39, 0.29) is 23.7 Å². The molecule has 1 unspecified atom stereocenters. The molecule has 2 amide bonds. The van der Waals surface area contributed by atoms with Gasteiger partial charge in [-0.2, -0.15) is 0 Å². The highest BCUT2D eigenvalue weighted by Gasteiger charge is 2.34. The highest BCUT2D eigenvalue weighted by atomic mass is 16.5. The summed E-state index contributed by atoms with van der Waals surface area (Å²) in [5.41, 5.74) is 2.00. The quantitative estimate of drug-likeness (QED) is 0.465. The first-order valence-corrected chi connectivity index (χ1v) is 11.1. The fraction of sp³-hybridized carbons (Fsp3) is 0.280. The highest BCUT2D eigenvalue weighted by Crippen LogP contribution is 2.30. The van der Waals surface area contributed by atoms with Crippen molar-refractivity contribution in [2.24, 2.45) is 0 Å². The van der Waals surface area contributed by atoms with Gasteiger partial charge in [0.15, 0.2) is 0 Å². The number of amides is 2. The Morgan fingerprint density at radius 3 is 2.62 bits per heavy atom. The number of aromatic nitrogens is 3. The predicted octanol–water partition coefficient (Wildman–Crippen LogP) is 3.32. The molecule has 0 saturated carbocycles. The zero-order valence-corrected chi connectivity index (χ0v) is 19.3. The monoisotopic (exact) mass is 459 g/mol. The second-order valence-corrected chi connectivity index (χ2v) is 8.34. The lowest BCUT2D eigenvalue weighted by atomic mass is 10.1. The van der Waals surface area contributed by atoms with Gasteiger partial charge in [-0.3, -0.25) is 9.59 Å². The molecule has 9 nitrogen and oxygen atoms in total. The summed E-state index contributed by atoms with van der Waals surface area (Å²) in [6, 6.07) is 14.7. The molecule has 34 heavy (non-hydrogen) atoms. The second kappa shape index (κ2) is 8.66. The molecular formula is C25H25N5O4. The molecule has 9 heteroatoms. The SMILES string of the molecule is COc1ccc2oc(C)c(C(=O)N3CCN(C(=O)c4ncn(-c5ccccc5)n4)C(C)C3)c2c1. The van der Waals surface area contributed by atoms with E-state index in [2.05, 4.69) is 10.1 Å². The van der Waals surface area contributed by atoms with Crippen molar-refractivity contribution in [1.29, 1.82) is 0 Å². The number of fused-ring (bicyclic) bond motifs is 1. The molecule has 3 heterocycles. The van der Waals surface area contributed by atoms with E-state index in [0.717, 1.165) is 11.1 Å². The Kier molecular flexibility index (Phi) is 5.53. The number of para-hydroxylation sites is 1. The Hall–Kier alpha value is -4.14. The van der Waals surface area contributed by atoms with Gasteiger partial charge in [0.25, 0.3) is 11.8 Å². The van der Waals surface area contributed by atoms with Crippen molar-refractivity contribution in [3.63, 3.8) is 0 Å². The Morgan fingerprint density at radius 1 is 1.09 bits per heavy atom. The van der Waals surface area contributed by atoms with Crippen LogP contribution < -0.4 is 4.74 Å². The van der Waals surface area contributed by atoms with Crippen LogP contribution in [-0.4, -0.2) is 69.2 Å². The van der Waals surface area contributed by atoms with E-state index in [1.807, 2.05) is 43.3 Å². The van der Waals surface area contributed by atoms with Gasteiger partial charge >= 0.3 is 0 Å². The van der Waals surface area contributed by atoms with E-state index >= 15 is 0 Å². The smallest absolute Gasteiger partial charge is 0.293 e. The number of rotatable bonds is 4. The topological polar surface area (TPSA) is 93.7 Å². The van der Waals surface area contributed by atoms with Crippen LogP contribution in [0.15, 0.2) is 59.3 Å². The Morgan fingerprint density at radius 2 is 1.88 bits per heavy atom. The average molecular weight is 460 g/mol. The maximum atomic E-state index is 13.4. The van der Waals surface area contributed by atoms with Gasteiger partial charge in [0, 0.05) is 31.1 Å².